The molecule has 1 aromatic rings. The fourth-order valence-corrected chi connectivity index (χ4v) is 1.25. The van der Waals surface area contributed by atoms with Gasteiger partial charge in [0.05, 0.1) is 17.7 Å². The summed E-state index contributed by atoms with van der Waals surface area (Å²) in [7, 11) is 0. The van der Waals surface area contributed by atoms with Crippen molar-refractivity contribution in [3.63, 3.8) is 0 Å². The van der Waals surface area contributed by atoms with Gasteiger partial charge in [-0.25, -0.2) is 4.39 Å². The maximum atomic E-state index is 13.4. The highest BCUT2D eigenvalue weighted by atomic mass is 35.5. The molecule has 0 aliphatic carbocycles. The first-order valence-electron chi connectivity index (χ1n) is 4.74. The smallest absolute Gasteiger partial charge is 0.254 e. The van der Waals surface area contributed by atoms with Crippen LogP contribution in [0.2, 0.25) is 5.02 Å². The van der Waals surface area contributed by atoms with Gasteiger partial charge in [-0.1, -0.05) is 11.6 Å². The summed E-state index contributed by atoms with van der Waals surface area (Å²) >= 11 is 5.57. The number of hydrogen-bond donors (Lipinski definition) is 2. The third-order valence-corrected chi connectivity index (χ3v) is 2.26. The SMILES string of the molecule is CC(C)(CO)NC(=O)c1ccc(Cl)cc1F. The number of benzene rings is 1. The fourth-order valence-electron chi connectivity index (χ4n) is 1.09. The predicted octanol–water partition coefficient (Wildman–Crippen LogP) is 1.98. The van der Waals surface area contributed by atoms with Crippen LogP contribution in [0, 0.1) is 5.82 Å². The van der Waals surface area contributed by atoms with Crippen molar-refractivity contribution in [3.8, 4) is 0 Å². The lowest BCUT2D eigenvalue weighted by atomic mass is 10.1. The van der Waals surface area contributed by atoms with E-state index in [2.05, 4.69) is 5.32 Å². The van der Waals surface area contributed by atoms with Crippen LogP contribution in [0.5, 0.6) is 0 Å². The minimum Gasteiger partial charge on any atom is -0.394 e. The Bertz CT molecular complexity index is 407. The summed E-state index contributed by atoms with van der Waals surface area (Å²) in [6, 6.07) is 3.81. The zero-order valence-electron chi connectivity index (χ0n) is 9.05. The summed E-state index contributed by atoms with van der Waals surface area (Å²) in [5.74, 6) is -1.26. The van der Waals surface area contributed by atoms with Gasteiger partial charge >= 0.3 is 0 Å². The summed E-state index contributed by atoms with van der Waals surface area (Å²) < 4.78 is 13.4. The minimum atomic E-state index is -0.789. The molecule has 16 heavy (non-hydrogen) atoms. The van der Waals surface area contributed by atoms with Crippen molar-refractivity contribution < 1.29 is 14.3 Å². The van der Waals surface area contributed by atoms with Gasteiger partial charge in [-0.15, -0.1) is 0 Å². The van der Waals surface area contributed by atoms with Crippen LogP contribution in [0.25, 0.3) is 0 Å². The van der Waals surface area contributed by atoms with Crippen molar-refractivity contribution in [2.24, 2.45) is 0 Å². The van der Waals surface area contributed by atoms with Gasteiger partial charge in [0.15, 0.2) is 0 Å². The summed E-state index contributed by atoms with van der Waals surface area (Å²) in [5, 5.41) is 11.7. The van der Waals surface area contributed by atoms with Crippen LogP contribution in [0.1, 0.15) is 24.2 Å². The summed E-state index contributed by atoms with van der Waals surface area (Å²) in [4.78, 5) is 11.6. The van der Waals surface area contributed by atoms with Crippen LogP contribution in [0.15, 0.2) is 18.2 Å². The van der Waals surface area contributed by atoms with E-state index in [0.29, 0.717) is 0 Å². The molecular formula is C11H13ClFNO2. The fraction of sp³-hybridized carbons (Fsp3) is 0.364. The zero-order chi connectivity index (χ0) is 12.3. The van der Waals surface area contributed by atoms with Crippen molar-refractivity contribution in [3.05, 3.63) is 34.6 Å². The van der Waals surface area contributed by atoms with Crippen molar-refractivity contribution in [1.82, 2.24) is 5.32 Å². The van der Waals surface area contributed by atoms with Gasteiger partial charge in [0, 0.05) is 5.02 Å². The van der Waals surface area contributed by atoms with E-state index in [0.717, 1.165) is 6.07 Å². The standard InChI is InChI=1S/C11H13ClFNO2/c1-11(2,6-15)14-10(16)8-4-3-7(12)5-9(8)13/h3-5,15H,6H2,1-2H3,(H,14,16). The number of carbonyl (C=O) groups is 1. The molecule has 2 N–H and O–H groups in total. The van der Waals surface area contributed by atoms with Crippen LogP contribution >= 0.6 is 11.6 Å². The van der Waals surface area contributed by atoms with E-state index < -0.39 is 17.3 Å². The van der Waals surface area contributed by atoms with E-state index in [1.165, 1.54) is 12.1 Å². The summed E-state index contributed by atoms with van der Waals surface area (Å²) in [6.45, 7) is 3.05. The lowest BCUT2D eigenvalue weighted by Crippen LogP contribution is -2.46. The summed E-state index contributed by atoms with van der Waals surface area (Å²) in [5.41, 5.74) is -0.880. The topological polar surface area (TPSA) is 49.3 Å². The summed E-state index contributed by atoms with van der Waals surface area (Å²) in [6.07, 6.45) is 0. The molecule has 1 rings (SSSR count). The van der Waals surface area contributed by atoms with Crippen LogP contribution in [-0.4, -0.2) is 23.2 Å². The molecule has 88 valence electrons. The molecule has 3 nitrogen and oxygen atoms in total. The lowest BCUT2D eigenvalue weighted by molar-refractivity contribution is 0.0865. The second kappa shape index (κ2) is 4.80. The highest BCUT2D eigenvalue weighted by Gasteiger charge is 2.21. The first-order valence-corrected chi connectivity index (χ1v) is 5.12. The van der Waals surface area contributed by atoms with Crippen LogP contribution in [-0.2, 0) is 0 Å². The normalized spacial score (nSPS) is 11.3. The molecule has 0 atom stereocenters. The van der Waals surface area contributed by atoms with Gasteiger partial charge in [-0.3, -0.25) is 4.79 Å². The maximum absolute atomic E-state index is 13.4. The Hall–Kier alpha value is -1.13. The van der Waals surface area contributed by atoms with E-state index in [-0.39, 0.29) is 17.2 Å². The van der Waals surface area contributed by atoms with Gasteiger partial charge in [0.1, 0.15) is 5.82 Å². The van der Waals surface area contributed by atoms with Crippen LogP contribution < -0.4 is 5.32 Å². The second-order valence-corrected chi connectivity index (χ2v) is 4.56. The molecular weight excluding hydrogens is 233 g/mol. The van der Waals surface area contributed by atoms with Gasteiger partial charge in [-0.2, -0.15) is 0 Å². The largest absolute Gasteiger partial charge is 0.394 e. The highest BCUT2D eigenvalue weighted by Crippen LogP contribution is 2.15. The second-order valence-electron chi connectivity index (χ2n) is 4.12. The number of aliphatic hydroxyl groups is 1. The van der Waals surface area contributed by atoms with Crippen LogP contribution in [0.4, 0.5) is 4.39 Å². The van der Waals surface area contributed by atoms with E-state index >= 15 is 0 Å². The molecule has 1 amide bonds. The number of halogens is 2. The number of aliphatic hydroxyl groups excluding tert-OH is 1. The Labute approximate surface area is 98.2 Å². The van der Waals surface area contributed by atoms with Crippen LogP contribution in [0.3, 0.4) is 0 Å². The molecule has 0 saturated heterocycles. The lowest BCUT2D eigenvalue weighted by Gasteiger charge is -2.23. The Kier molecular flexibility index (Phi) is 3.88. The Morgan fingerprint density at radius 2 is 2.19 bits per heavy atom. The molecule has 0 saturated carbocycles. The molecule has 0 aromatic heterocycles. The van der Waals surface area contributed by atoms with Crippen molar-refractivity contribution in [1.29, 1.82) is 0 Å². The third kappa shape index (κ3) is 3.18. The van der Waals surface area contributed by atoms with E-state index in [9.17, 15) is 9.18 Å². The van der Waals surface area contributed by atoms with Gasteiger partial charge in [-0.05, 0) is 32.0 Å². The average molecular weight is 246 g/mol. The average Bonchev–Trinajstić information content (AvgIpc) is 2.16. The van der Waals surface area contributed by atoms with Gasteiger partial charge < -0.3 is 10.4 Å². The van der Waals surface area contributed by atoms with Gasteiger partial charge in [0.25, 0.3) is 5.91 Å². The van der Waals surface area contributed by atoms with Gasteiger partial charge in [0.2, 0.25) is 0 Å². The van der Waals surface area contributed by atoms with Crippen molar-refractivity contribution >= 4 is 17.5 Å². The number of amides is 1. The van der Waals surface area contributed by atoms with E-state index in [4.69, 9.17) is 16.7 Å². The van der Waals surface area contributed by atoms with Crippen molar-refractivity contribution in [2.45, 2.75) is 19.4 Å². The monoisotopic (exact) mass is 245 g/mol. The van der Waals surface area contributed by atoms with E-state index in [1.807, 2.05) is 0 Å². The molecule has 0 heterocycles. The molecule has 0 fully saturated rings. The molecule has 0 aliphatic rings. The predicted molar refractivity (Wildman–Crippen MR) is 60.0 cm³/mol. The Balaban J connectivity index is 2.89. The first-order chi connectivity index (χ1) is 7.35. The maximum Gasteiger partial charge on any atom is 0.254 e. The van der Waals surface area contributed by atoms with E-state index in [1.54, 1.807) is 13.8 Å². The molecule has 0 bridgehead atoms. The third-order valence-electron chi connectivity index (χ3n) is 2.02. The molecule has 0 spiro atoms. The highest BCUT2D eigenvalue weighted by molar-refractivity contribution is 6.30. The quantitative estimate of drug-likeness (QED) is 0.856. The molecule has 0 aliphatic heterocycles. The molecule has 0 unspecified atom stereocenters. The number of rotatable bonds is 3. The molecule has 0 radical (unpaired) electrons. The number of hydrogen-bond acceptors (Lipinski definition) is 2. The molecule has 1 aromatic carbocycles. The zero-order valence-corrected chi connectivity index (χ0v) is 9.81. The Morgan fingerprint density at radius 1 is 1.56 bits per heavy atom. The number of carbonyl (C=O) groups excluding carboxylic acids is 1. The molecule has 5 heteroatoms. The van der Waals surface area contributed by atoms with Crippen molar-refractivity contribution in [2.75, 3.05) is 6.61 Å². The first kappa shape index (κ1) is 12.9. The minimum absolute atomic E-state index is 0.0917. The Morgan fingerprint density at radius 3 is 2.69 bits per heavy atom. The number of nitrogens with one attached hydrogen (secondary N) is 1.